The fourth-order valence-electron chi connectivity index (χ4n) is 2.06. The lowest BCUT2D eigenvalue weighted by atomic mass is 10.1. The molecule has 24 heavy (non-hydrogen) atoms. The minimum atomic E-state index is -0.489. The Morgan fingerprint density at radius 1 is 1.17 bits per heavy atom. The summed E-state index contributed by atoms with van der Waals surface area (Å²) in [5, 5.41) is 2.69. The summed E-state index contributed by atoms with van der Waals surface area (Å²) in [7, 11) is 1.31. The molecule has 1 aromatic rings. The van der Waals surface area contributed by atoms with E-state index in [2.05, 4.69) is 17.2 Å². The van der Waals surface area contributed by atoms with Crippen LogP contribution >= 0.6 is 0 Å². The third-order valence-electron chi connectivity index (χ3n) is 3.31. The van der Waals surface area contributed by atoms with Gasteiger partial charge in [-0.25, -0.2) is 4.79 Å². The number of nitrogens with one attached hydrogen (secondary N) is 1. The molecular formula is C18H25N3O3. The maximum atomic E-state index is 11.9. The number of esters is 1. The maximum absolute atomic E-state index is 11.9. The fraction of sp³-hybridized carbons (Fsp3) is 0.444. The number of nitrogens with two attached hydrogens (primary N) is 2. The van der Waals surface area contributed by atoms with Crippen LogP contribution in [0.15, 0.2) is 18.2 Å². The molecule has 0 radical (unpaired) electrons. The molecule has 0 saturated carbocycles. The van der Waals surface area contributed by atoms with Crippen LogP contribution < -0.4 is 16.8 Å². The third-order valence-corrected chi connectivity index (χ3v) is 3.31. The van der Waals surface area contributed by atoms with Crippen molar-refractivity contribution in [2.45, 2.75) is 32.1 Å². The number of amides is 1. The average Bonchev–Trinajstić information content (AvgIpc) is 2.58. The van der Waals surface area contributed by atoms with Crippen molar-refractivity contribution in [1.29, 1.82) is 0 Å². The van der Waals surface area contributed by atoms with Crippen LogP contribution in [0.4, 0.5) is 5.69 Å². The molecule has 1 aromatic carbocycles. The van der Waals surface area contributed by atoms with Crippen LogP contribution in [0.2, 0.25) is 0 Å². The summed E-state index contributed by atoms with van der Waals surface area (Å²) < 4.78 is 4.79. The maximum Gasteiger partial charge on any atom is 0.339 e. The summed E-state index contributed by atoms with van der Waals surface area (Å²) in [6.07, 6.45) is 3.98. The highest BCUT2D eigenvalue weighted by atomic mass is 16.5. The van der Waals surface area contributed by atoms with E-state index < -0.39 is 5.97 Å². The van der Waals surface area contributed by atoms with E-state index in [0.29, 0.717) is 23.4 Å². The molecule has 0 aliphatic heterocycles. The molecule has 0 atom stereocenters. The first-order chi connectivity index (χ1) is 11.6. The number of benzene rings is 1. The highest BCUT2D eigenvalue weighted by molar-refractivity contribution is 5.96. The number of hydrogen-bond donors (Lipinski definition) is 3. The second-order valence-corrected chi connectivity index (χ2v) is 5.24. The number of anilines is 1. The Balaban J connectivity index is 2.86. The molecule has 0 heterocycles. The summed E-state index contributed by atoms with van der Waals surface area (Å²) >= 11 is 0. The summed E-state index contributed by atoms with van der Waals surface area (Å²) in [4.78, 5) is 23.5. The highest BCUT2D eigenvalue weighted by Gasteiger charge is 2.12. The standard InChI is InChI=1S/C18H25N3O3/c1-24-18(23)16-13-15(21-17(22)10-12-20)9-8-14(16)7-5-3-2-4-6-11-19/h8-9,13H,2-4,6,10-12,19-20H2,1H3,(H,21,22). The van der Waals surface area contributed by atoms with Crippen LogP contribution in [-0.4, -0.2) is 32.1 Å². The molecule has 0 aromatic heterocycles. The van der Waals surface area contributed by atoms with Crippen LogP contribution in [0.1, 0.15) is 48.0 Å². The van der Waals surface area contributed by atoms with E-state index in [4.69, 9.17) is 16.2 Å². The van der Waals surface area contributed by atoms with Crippen LogP contribution in [0.5, 0.6) is 0 Å². The summed E-state index contributed by atoms with van der Waals surface area (Å²) in [6.45, 7) is 0.959. The Bertz CT molecular complexity index is 618. The van der Waals surface area contributed by atoms with Gasteiger partial charge in [0.05, 0.1) is 12.7 Å². The Morgan fingerprint density at radius 3 is 2.62 bits per heavy atom. The van der Waals surface area contributed by atoms with Crippen molar-refractivity contribution in [3.05, 3.63) is 29.3 Å². The van der Waals surface area contributed by atoms with E-state index in [-0.39, 0.29) is 18.9 Å². The number of unbranched alkanes of at least 4 members (excludes halogenated alkanes) is 3. The average molecular weight is 331 g/mol. The van der Waals surface area contributed by atoms with E-state index in [1.54, 1.807) is 18.2 Å². The first kappa shape index (κ1) is 19.7. The van der Waals surface area contributed by atoms with Gasteiger partial charge in [0.2, 0.25) is 5.91 Å². The zero-order valence-electron chi connectivity index (χ0n) is 14.1. The Kier molecular flexibility index (Phi) is 9.20. The normalized spacial score (nSPS) is 9.79. The van der Waals surface area contributed by atoms with Crippen molar-refractivity contribution in [2.75, 3.05) is 25.5 Å². The number of rotatable bonds is 8. The molecule has 5 N–H and O–H groups in total. The first-order valence-electron chi connectivity index (χ1n) is 8.03. The Hall–Kier alpha value is -2.36. The summed E-state index contributed by atoms with van der Waals surface area (Å²) in [5.41, 5.74) is 12.2. The van der Waals surface area contributed by atoms with Gasteiger partial charge in [0, 0.05) is 30.6 Å². The van der Waals surface area contributed by atoms with Gasteiger partial charge < -0.3 is 21.5 Å². The number of carbonyl (C=O) groups excluding carboxylic acids is 2. The topological polar surface area (TPSA) is 107 Å². The van der Waals surface area contributed by atoms with Crippen molar-refractivity contribution in [2.24, 2.45) is 11.5 Å². The molecule has 0 aliphatic carbocycles. The van der Waals surface area contributed by atoms with Crippen molar-refractivity contribution in [3.8, 4) is 11.8 Å². The minimum absolute atomic E-state index is 0.202. The van der Waals surface area contributed by atoms with Crippen molar-refractivity contribution >= 4 is 17.6 Å². The number of hydrogen-bond acceptors (Lipinski definition) is 5. The van der Waals surface area contributed by atoms with Gasteiger partial charge in [-0.1, -0.05) is 18.3 Å². The molecular weight excluding hydrogens is 306 g/mol. The molecule has 130 valence electrons. The highest BCUT2D eigenvalue weighted by Crippen LogP contribution is 2.17. The predicted molar refractivity (Wildman–Crippen MR) is 94.5 cm³/mol. The van der Waals surface area contributed by atoms with Gasteiger partial charge in [-0.15, -0.1) is 0 Å². The van der Waals surface area contributed by atoms with Gasteiger partial charge in [0.1, 0.15) is 0 Å². The van der Waals surface area contributed by atoms with Gasteiger partial charge in [0.25, 0.3) is 0 Å². The summed E-state index contributed by atoms with van der Waals surface area (Å²) in [6, 6.07) is 4.98. The first-order valence-corrected chi connectivity index (χ1v) is 8.03. The minimum Gasteiger partial charge on any atom is -0.465 e. The second kappa shape index (κ2) is 11.2. The van der Waals surface area contributed by atoms with E-state index in [9.17, 15) is 9.59 Å². The van der Waals surface area contributed by atoms with Gasteiger partial charge in [-0.2, -0.15) is 0 Å². The largest absolute Gasteiger partial charge is 0.465 e. The lowest BCUT2D eigenvalue weighted by molar-refractivity contribution is -0.116. The Labute approximate surface area is 142 Å². The van der Waals surface area contributed by atoms with Crippen LogP contribution in [0, 0.1) is 11.8 Å². The SMILES string of the molecule is COC(=O)c1cc(NC(=O)CCN)ccc1C#CCCCCCN. The van der Waals surface area contributed by atoms with Gasteiger partial charge in [0.15, 0.2) is 0 Å². The van der Waals surface area contributed by atoms with Crippen molar-refractivity contribution in [1.82, 2.24) is 0 Å². The van der Waals surface area contributed by atoms with E-state index in [1.165, 1.54) is 7.11 Å². The van der Waals surface area contributed by atoms with E-state index in [1.807, 2.05) is 0 Å². The third kappa shape index (κ3) is 6.82. The van der Waals surface area contributed by atoms with Crippen LogP contribution in [0.25, 0.3) is 0 Å². The molecule has 6 nitrogen and oxygen atoms in total. The molecule has 0 fully saturated rings. The van der Waals surface area contributed by atoms with Crippen molar-refractivity contribution in [3.63, 3.8) is 0 Å². The van der Waals surface area contributed by atoms with E-state index >= 15 is 0 Å². The molecule has 0 saturated heterocycles. The lowest BCUT2D eigenvalue weighted by Crippen LogP contribution is -2.16. The molecule has 1 amide bonds. The monoisotopic (exact) mass is 331 g/mol. The molecule has 0 bridgehead atoms. The fourth-order valence-corrected chi connectivity index (χ4v) is 2.06. The van der Waals surface area contributed by atoms with Gasteiger partial charge >= 0.3 is 5.97 Å². The predicted octanol–water partition coefficient (Wildman–Crippen LogP) is 1.63. The van der Waals surface area contributed by atoms with Gasteiger partial charge in [-0.05, 0) is 37.6 Å². The summed E-state index contributed by atoms with van der Waals surface area (Å²) in [5.74, 6) is 5.36. The molecule has 6 heteroatoms. The molecule has 0 spiro atoms. The van der Waals surface area contributed by atoms with Crippen LogP contribution in [-0.2, 0) is 9.53 Å². The zero-order valence-corrected chi connectivity index (χ0v) is 14.1. The Morgan fingerprint density at radius 2 is 1.96 bits per heavy atom. The lowest BCUT2D eigenvalue weighted by Gasteiger charge is -2.08. The van der Waals surface area contributed by atoms with E-state index in [0.717, 1.165) is 25.7 Å². The van der Waals surface area contributed by atoms with Crippen LogP contribution in [0.3, 0.4) is 0 Å². The second-order valence-electron chi connectivity index (χ2n) is 5.24. The smallest absolute Gasteiger partial charge is 0.339 e. The van der Waals surface area contributed by atoms with Crippen molar-refractivity contribution < 1.29 is 14.3 Å². The number of ether oxygens (including phenoxy) is 1. The van der Waals surface area contributed by atoms with Gasteiger partial charge in [-0.3, -0.25) is 4.79 Å². The molecule has 0 unspecified atom stereocenters. The number of methoxy groups -OCH3 is 1. The zero-order chi connectivity index (χ0) is 17.8. The molecule has 0 aliphatic rings. The number of carbonyl (C=O) groups is 2. The molecule has 1 rings (SSSR count). The quantitative estimate of drug-likeness (QED) is 0.381.